The predicted molar refractivity (Wildman–Crippen MR) is 76.3 cm³/mol. The zero-order valence-corrected chi connectivity index (χ0v) is 11.6. The first kappa shape index (κ1) is 15.3. The van der Waals surface area contributed by atoms with E-state index < -0.39 is 11.6 Å². The molecule has 0 amide bonds. The Morgan fingerprint density at radius 3 is 2.19 bits per heavy atom. The Morgan fingerprint density at radius 1 is 1.05 bits per heavy atom. The molecule has 3 nitrogen and oxygen atoms in total. The molecule has 3 N–H and O–H groups in total. The van der Waals surface area contributed by atoms with Crippen molar-refractivity contribution in [1.29, 1.82) is 0 Å². The molecule has 0 spiro atoms. The zero-order valence-electron chi connectivity index (χ0n) is 11.6. The standard InChI is InChI=1S/C16H17F2NO2/c1-10(16-14(20)3-2-4-15(16)21)19-6-5-11-7-12(17)9-13(18)8-11/h2-4,7-10,19-21H,5-6H2,1H3. The van der Waals surface area contributed by atoms with Crippen molar-refractivity contribution in [1.82, 2.24) is 5.32 Å². The zero-order chi connectivity index (χ0) is 15.4. The van der Waals surface area contributed by atoms with Crippen molar-refractivity contribution in [2.45, 2.75) is 19.4 Å². The van der Waals surface area contributed by atoms with Gasteiger partial charge in [-0.25, -0.2) is 8.78 Å². The van der Waals surface area contributed by atoms with Crippen LogP contribution in [0.2, 0.25) is 0 Å². The van der Waals surface area contributed by atoms with Gasteiger partial charge in [-0.05, 0) is 49.7 Å². The maximum absolute atomic E-state index is 13.1. The van der Waals surface area contributed by atoms with Crippen LogP contribution in [0.25, 0.3) is 0 Å². The minimum atomic E-state index is -0.601. The molecule has 112 valence electrons. The van der Waals surface area contributed by atoms with E-state index >= 15 is 0 Å². The number of nitrogens with one attached hydrogen (secondary N) is 1. The summed E-state index contributed by atoms with van der Waals surface area (Å²) in [6.07, 6.45) is 0.438. The highest BCUT2D eigenvalue weighted by molar-refractivity contribution is 5.44. The van der Waals surface area contributed by atoms with E-state index in [2.05, 4.69) is 5.32 Å². The first-order valence-electron chi connectivity index (χ1n) is 6.66. The van der Waals surface area contributed by atoms with Gasteiger partial charge in [-0.15, -0.1) is 0 Å². The van der Waals surface area contributed by atoms with Crippen molar-refractivity contribution < 1.29 is 19.0 Å². The number of hydrogen-bond acceptors (Lipinski definition) is 3. The minimum Gasteiger partial charge on any atom is -0.507 e. The molecule has 2 aromatic carbocycles. The monoisotopic (exact) mass is 293 g/mol. The van der Waals surface area contributed by atoms with Crippen molar-refractivity contribution in [3.63, 3.8) is 0 Å². The second kappa shape index (κ2) is 6.54. The Balaban J connectivity index is 1.97. The number of aromatic hydroxyl groups is 2. The summed E-state index contributed by atoms with van der Waals surface area (Å²) in [5.74, 6) is -1.19. The molecule has 0 saturated carbocycles. The largest absolute Gasteiger partial charge is 0.507 e. The summed E-state index contributed by atoms with van der Waals surface area (Å²) in [7, 11) is 0. The summed E-state index contributed by atoms with van der Waals surface area (Å²) in [5, 5.41) is 22.6. The lowest BCUT2D eigenvalue weighted by Gasteiger charge is -2.17. The molecule has 0 aromatic heterocycles. The van der Waals surface area contributed by atoms with Gasteiger partial charge in [0.25, 0.3) is 0 Å². The molecule has 0 saturated heterocycles. The fraction of sp³-hybridized carbons (Fsp3) is 0.250. The molecule has 5 heteroatoms. The van der Waals surface area contributed by atoms with Gasteiger partial charge in [0, 0.05) is 12.1 Å². The van der Waals surface area contributed by atoms with Crippen molar-refractivity contribution >= 4 is 0 Å². The molecule has 1 atom stereocenters. The summed E-state index contributed by atoms with van der Waals surface area (Å²) in [4.78, 5) is 0. The molecule has 0 aliphatic heterocycles. The fourth-order valence-corrected chi connectivity index (χ4v) is 2.28. The summed E-state index contributed by atoms with van der Waals surface area (Å²) < 4.78 is 26.1. The van der Waals surface area contributed by atoms with Crippen molar-refractivity contribution in [2.24, 2.45) is 0 Å². The van der Waals surface area contributed by atoms with Crippen LogP contribution in [-0.2, 0) is 6.42 Å². The highest BCUT2D eigenvalue weighted by atomic mass is 19.1. The van der Waals surface area contributed by atoms with E-state index in [1.54, 1.807) is 13.0 Å². The van der Waals surface area contributed by atoms with Gasteiger partial charge in [0.15, 0.2) is 0 Å². The van der Waals surface area contributed by atoms with Crippen molar-refractivity contribution in [2.75, 3.05) is 6.54 Å². The van der Waals surface area contributed by atoms with Crippen LogP contribution in [0, 0.1) is 11.6 Å². The van der Waals surface area contributed by atoms with Gasteiger partial charge in [-0.2, -0.15) is 0 Å². The van der Waals surface area contributed by atoms with Gasteiger partial charge in [0.05, 0.1) is 5.56 Å². The number of hydrogen-bond donors (Lipinski definition) is 3. The second-order valence-electron chi connectivity index (χ2n) is 4.91. The molecular formula is C16H17F2NO2. The van der Waals surface area contributed by atoms with Crippen LogP contribution in [0.5, 0.6) is 11.5 Å². The van der Waals surface area contributed by atoms with Crippen molar-refractivity contribution in [3.05, 3.63) is 59.2 Å². The Kier molecular flexibility index (Phi) is 4.75. The number of phenols is 2. The maximum Gasteiger partial charge on any atom is 0.126 e. The number of rotatable bonds is 5. The second-order valence-corrected chi connectivity index (χ2v) is 4.91. The Hall–Kier alpha value is -2.14. The number of benzene rings is 2. The number of halogens is 2. The molecule has 0 aliphatic rings. The van der Waals surface area contributed by atoms with Crippen LogP contribution in [0.1, 0.15) is 24.1 Å². The molecule has 1 unspecified atom stereocenters. The summed E-state index contributed by atoms with van der Waals surface area (Å²) in [6.45, 7) is 2.25. The van der Waals surface area contributed by atoms with E-state index in [9.17, 15) is 19.0 Å². The molecule has 0 radical (unpaired) electrons. The van der Waals surface area contributed by atoms with E-state index in [1.807, 2.05) is 0 Å². The average molecular weight is 293 g/mol. The van der Waals surface area contributed by atoms with Gasteiger partial charge in [-0.1, -0.05) is 6.07 Å². The first-order chi connectivity index (χ1) is 9.97. The van der Waals surface area contributed by atoms with Gasteiger partial charge >= 0.3 is 0 Å². The van der Waals surface area contributed by atoms with Crippen LogP contribution in [0.15, 0.2) is 36.4 Å². The molecule has 0 heterocycles. The average Bonchev–Trinajstić information content (AvgIpc) is 2.37. The smallest absolute Gasteiger partial charge is 0.126 e. The minimum absolute atomic E-state index is 0.00630. The normalized spacial score (nSPS) is 12.3. The van der Waals surface area contributed by atoms with E-state index in [-0.39, 0.29) is 17.5 Å². The molecule has 0 fully saturated rings. The molecular weight excluding hydrogens is 276 g/mol. The van der Waals surface area contributed by atoms with E-state index in [1.165, 1.54) is 24.3 Å². The van der Waals surface area contributed by atoms with Crippen LogP contribution in [0.4, 0.5) is 8.78 Å². The van der Waals surface area contributed by atoms with Gasteiger partial charge in [0.1, 0.15) is 23.1 Å². The lowest BCUT2D eigenvalue weighted by Crippen LogP contribution is -2.21. The third-order valence-electron chi connectivity index (χ3n) is 3.28. The highest BCUT2D eigenvalue weighted by Gasteiger charge is 2.14. The molecule has 21 heavy (non-hydrogen) atoms. The predicted octanol–water partition coefficient (Wildman–Crippen LogP) is 3.27. The summed E-state index contributed by atoms with van der Waals surface area (Å²) in [6, 6.07) is 7.66. The van der Waals surface area contributed by atoms with Crippen LogP contribution in [-0.4, -0.2) is 16.8 Å². The first-order valence-corrected chi connectivity index (χ1v) is 6.66. The van der Waals surface area contributed by atoms with Gasteiger partial charge < -0.3 is 15.5 Å². The van der Waals surface area contributed by atoms with E-state index in [4.69, 9.17) is 0 Å². The highest BCUT2D eigenvalue weighted by Crippen LogP contribution is 2.31. The SMILES string of the molecule is CC(NCCc1cc(F)cc(F)c1)c1c(O)cccc1O. The van der Waals surface area contributed by atoms with Crippen LogP contribution in [0.3, 0.4) is 0 Å². The number of phenolic OH excluding ortho intramolecular Hbond substituents is 2. The van der Waals surface area contributed by atoms with E-state index in [0.29, 0.717) is 24.1 Å². The Morgan fingerprint density at radius 2 is 1.62 bits per heavy atom. The molecule has 2 rings (SSSR count). The molecule has 2 aromatic rings. The maximum atomic E-state index is 13.1. The molecule has 0 aliphatic carbocycles. The fourth-order valence-electron chi connectivity index (χ4n) is 2.28. The summed E-state index contributed by atoms with van der Waals surface area (Å²) >= 11 is 0. The third kappa shape index (κ3) is 3.92. The quantitative estimate of drug-likeness (QED) is 0.793. The third-order valence-corrected chi connectivity index (χ3v) is 3.28. The van der Waals surface area contributed by atoms with Gasteiger partial charge in [-0.3, -0.25) is 0 Å². The van der Waals surface area contributed by atoms with Crippen LogP contribution < -0.4 is 5.32 Å². The van der Waals surface area contributed by atoms with Crippen LogP contribution >= 0.6 is 0 Å². The Bertz CT molecular complexity index is 591. The van der Waals surface area contributed by atoms with Gasteiger partial charge in [0.2, 0.25) is 0 Å². The van der Waals surface area contributed by atoms with E-state index in [0.717, 1.165) is 6.07 Å². The lowest BCUT2D eigenvalue weighted by molar-refractivity contribution is 0.419. The van der Waals surface area contributed by atoms with Crippen molar-refractivity contribution in [3.8, 4) is 11.5 Å². The summed E-state index contributed by atoms with van der Waals surface area (Å²) in [5.41, 5.74) is 0.955. The topological polar surface area (TPSA) is 52.5 Å². The lowest BCUT2D eigenvalue weighted by atomic mass is 10.1. The molecule has 0 bridgehead atoms. The Labute approximate surface area is 121 Å².